The van der Waals surface area contributed by atoms with Gasteiger partial charge in [-0.05, 0) is 43.2 Å². The summed E-state index contributed by atoms with van der Waals surface area (Å²) >= 11 is 0. The fraction of sp³-hybridized carbons (Fsp3) is 0.227. The van der Waals surface area contributed by atoms with Gasteiger partial charge in [0.1, 0.15) is 6.04 Å². The van der Waals surface area contributed by atoms with Crippen molar-refractivity contribution >= 4 is 17.5 Å². The van der Waals surface area contributed by atoms with E-state index in [4.69, 9.17) is 10.4 Å². The van der Waals surface area contributed by atoms with E-state index < -0.39 is 6.04 Å². The number of allylic oxidation sites excluding steroid dienone is 1. The molecule has 0 radical (unpaired) electrons. The van der Waals surface area contributed by atoms with Crippen molar-refractivity contribution in [1.82, 2.24) is 19.7 Å². The summed E-state index contributed by atoms with van der Waals surface area (Å²) in [5.41, 5.74) is 3.06. The largest absolute Gasteiger partial charge is 0.396 e. The number of fused-ring (bicyclic) bond motifs is 1. The minimum Gasteiger partial charge on any atom is -0.396 e. The minimum atomic E-state index is -0.531. The highest BCUT2D eigenvalue weighted by Crippen LogP contribution is 2.35. The number of hydrogen-bond donors (Lipinski definition) is 3. The molecule has 0 unspecified atom stereocenters. The van der Waals surface area contributed by atoms with Crippen molar-refractivity contribution in [3.8, 4) is 6.07 Å². The van der Waals surface area contributed by atoms with Crippen molar-refractivity contribution in [2.45, 2.75) is 25.8 Å². The molecule has 1 aliphatic heterocycles. The first-order valence-corrected chi connectivity index (χ1v) is 9.86. The molecule has 31 heavy (non-hydrogen) atoms. The smallest absolute Gasteiger partial charge is 0.255 e. The Labute approximate surface area is 179 Å². The van der Waals surface area contributed by atoms with Crippen LogP contribution in [-0.4, -0.2) is 37.4 Å². The number of nitriles is 1. The Morgan fingerprint density at radius 1 is 1.32 bits per heavy atom. The molecule has 1 atom stereocenters. The van der Waals surface area contributed by atoms with E-state index in [0.29, 0.717) is 47.1 Å². The number of carbonyl (C=O) groups excluding carboxylic acids is 1. The molecular weight excluding hydrogens is 394 g/mol. The Morgan fingerprint density at radius 2 is 2.13 bits per heavy atom. The molecule has 3 aromatic rings. The molecule has 2 aromatic heterocycles. The van der Waals surface area contributed by atoms with Gasteiger partial charge in [-0.2, -0.15) is 15.3 Å². The monoisotopic (exact) mass is 415 g/mol. The average molecular weight is 415 g/mol. The maximum absolute atomic E-state index is 13.3. The first kappa shape index (κ1) is 20.3. The van der Waals surface area contributed by atoms with Crippen molar-refractivity contribution < 1.29 is 9.90 Å². The van der Waals surface area contributed by atoms with Crippen LogP contribution in [-0.2, 0) is 11.2 Å². The summed E-state index contributed by atoms with van der Waals surface area (Å²) in [5, 5.41) is 28.9. The lowest BCUT2D eigenvalue weighted by Crippen LogP contribution is -2.31. The normalized spacial score (nSPS) is 15.1. The Kier molecular flexibility index (Phi) is 5.73. The van der Waals surface area contributed by atoms with Crippen LogP contribution >= 0.6 is 0 Å². The van der Waals surface area contributed by atoms with Gasteiger partial charge in [0.05, 0.1) is 29.1 Å². The molecule has 0 aliphatic carbocycles. The van der Waals surface area contributed by atoms with Crippen LogP contribution in [0.15, 0.2) is 60.1 Å². The van der Waals surface area contributed by atoms with E-state index in [1.54, 1.807) is 41.3 Å². The van der Waals surface area contributed by atoms with Gasteiger partial charge in [0, 0.05) is 24.9 Å². The van der Waals surface area contributed by atoms with E-state index in [1.807, 2.05) is 19.1 Å². The van der Waals surface area contributed by atoms with Crippen LogP contribution < -0.4 is 10.6 Å². The quantitative estimate of drug-likeness (QED) is 0.564. The molecule has 156 valence electrons. The summed E-state index contributed by atoms with van der Waals surface area (Å²) in [7, 11) is 0. The molecule has 1 aromatic carbocycles. The zero-order chi connectivity index (χ0) is 21.8. The van der Waals surface area contributed by atoms with Crippen LogP contribution in [0.3, 0.4) is 0 Å². The third-order valence-corrected chi connectivity index (χ3v) is 4.97. The number of pyridine rings is 1. The van der Waals surface area contributed by atoms with Crippen LogP contribution in [0.4, 0.5) is 11.6 Å². The number of nitrogens with zero attached hydrogens (tertiary/aromatic N) is 5. The lowest BCUT2D eigenvalue weighted by molar-refractivity contribution is -0.113. The van der Waals surface area contributed by atoms with Crippen LogP contribution in [0, 0.1) is 11.3 Å². The summed E-state index contributed by atoms with van der Waals surface area (Å²) in [5.74, 6) is 0.819. The number of rotatable bonds is 6. The predicted octanol–water partition coefficient (Wildman–Crippen LogP) is 2.40. The molecule has 4 rings (SSSR count). The van der Waals surface area contributed by atoms with E-state index in [0.717, 1.165) is 5.56 Å². The van der Waals surface area contributed by atoms with Crippen LogP contribution in [0.25, 0.3) is 0 Å². The molecule has 9 heteroatoms. The number of hydrogen-bond acceptors (Lipinski definition) is 7. The molecule has 0 saturated carbocycles. The number of benzene rings is 1. The van der Waals surface area contributed by atoms with Gasteiger partial charge in [0.25, 0.3) is 5.91 Å². The maximum atomic E-state index is 13.3. The lowest BCUT2D eigenvalue weighted by atomic mass is 9.94. The van der Waals surface area contributed by atoms with E-state index in [-0.39, 0.29) is 12.5 Å². The van der Waals surface area contributed by atoms with Crippen molar-refractivity contribution in [1.29, 1.82) is 5.26 Å². The van der Waals surface area contributed by atoms with Gasteiger partial charge in [-0.15, -0.1) is 0 Å². The van der Waals surface area contributed by atoms with Gasteiger partial charge in [-0.1, -0.05) is 12.1 Å². The molecule has 9 nitrogen and oxygen atoms in total. The number of anilines is 2. The average Bonchev–Trinajstić information content (AvgIpc) is 3.19. The summed E-state index contributed by atoms with van der Waals surface area (Å²) < 4.78 is 1.68. The SMILES string of the molecule is CC1=C(C(=O)Nc2cccnc2)[C@@H](c2ccc(C#N)cc2)n2nc(CCCO)nc2N1. The van der Waals surface area contributed by atoms with E-state index in [2.05, 4.69) is 31.8 Å². The Morgan fingerprint density at radius 3 is 2.81 bits per heavy atom. The van der Waals surface area contributed by atoms with Crippen LogP contribution in [0.5, 0.6) is 0 Å². The lowest BCUT2D eigenvalue weighted by Gasteiger charge is -2.28. The van der Waals surface area contributed by atoms with E-state index >= 15 is 0 Å². The first-order valence-electron chi connectivity index (χ1n) is 9.86. The second kappa shape index (κ2) is 8.77. The number of aliphatic hydroxyl groups is 1. The molecule has 3 heterocycles. The fourth-order valence-electron chi connectivity index (χ4n) is 3.52. The van der Waals surface area contributed by atoms with E-state index in [1.165, 1.54) is 0 Å². The Hall–Kier alpha value is -4.03. The first-order chi connectivity index (χ1) is 15.1. The standard InChI is InChI=1S/C22H21N7O2/c1-14-19(21(31)26-17-4-2-10-24-13-17)20(16-8-6-15(12-23)7-9-16)29-22(25-14)27-18(28-29)5-3-11-30/h2,4,6-10,13,20,30H,3,5,11H2,1H3,(H,26,31)(H,25,27,28)/t20-/m1/s1. The molecule has 3 N–H and O–H groups in total. The molecule has 0 bridgehead atoms. The number of aromatic nitrogens is 4. The topological polar surface area (TPSA) is 129 Å². The summed E-state index contributed by atoms with van der Waals surface area (Å²) in [6.07, 6.45) is 4.28. The summed E-state index contributed by atoms with van der Waals surface area (Å²) in [4.78, 5) is 21.9. The molecular formula is C22H21N7O2. The number of amides is 1. The molecule has 0 fully saturated rings. The minimum absolute atomic E-state index is 0.0480. The zero-order valence-electron chi connectivity index (χ0n) is 16.9. The van der Waals surface area contributed by atoms with Gasteiger partial charge in [-0.25, -0.2) is 4.68 Å². The predicted molar refractivity (Wildman–Crippen MR) is 114 cm³/mol. The molecule has 1 amide bonds. The number of nitrogens with one attached hydrogen (secondary N) is 2. The van der Waals surface area contributed by atoms with Crippen molar-refractivity contribution in [3.63, 3.8) is 0 Å². The highest BCUT2D eigenvalue weighted by atomic mass is 16.3. The summed E-state index contributed by atoms with van der Waals surface area (Å²) in [6, 6.07) is 12.2. The van der Waals surface area contributed by atoms with Gasteiger partial charge < -0.3 is 15.7 Å². The van der Waals surface area contributed by atoms with Gasteiger partial charge in [-0.3, -0.25) is 9.78 Å². The fourth-order valence-corrected chi connectivity index (χ4v) is 3.52. The third kappa shape index (κ3) is 4.15. The highest BCUT2D eigenvalue weighted by molar-refractivity contribution is 6.05. The molecule has 0 saturated heterocycles. The van der Waals surface area contributed by atoms with Crippen molar-refractivity contribution in [3.05, 3.63) is 77.0 Å². The second-order valence-electron chi connectivity index (χ2n) is 7.12. The Balaban J connectivity index is 1.76. The van der Waals surface area contributed by atoms with Crippen molar-refractivity contribution in [2.24, 2.45) is 0 Å². The second-order valence-corrected chi connectivity index (χ2v) is 7.12. The number of aliphatic hydroxyl groups excluding tert-OH is 1. The molecule has 1 aliphatic rings. The zero-order valence-corrected chi connectivity index (χ0v) is 16.9. The van der Waals surface area contributed by atoms with Gasteiger partial charge in [0.15, 0.2) is 5.82 Å². The van der Waals surface area contributed by atoms with Gasteiger partial charge in [0.2, 0.25) is 5.95 Å². The van der Waals surface area contributed by atoms with E-state index in [9.17, 15) is 4.79 Å². The third-order valence-electron chi connectivity index (χ3n) is 4.97. The Bertz CT molecular complexity index is 1160. The number of carbonyl (C=O) groups is 1. The van der Waals surface area contributed by atoms with Crippen molar-refractivity contribution in [2.75, 3.05) is 17.2 Å². The van der Waals surface area contributed by atoms with Crippen LogP contribution in [0.1, 0.15) is 36.3 Å². The molecule has 0 spiro atoms. The van der Waals surface area contributed by atoms with Gasteiger partial charge >= 0.3 is 0 Å². The van der Waals surface area contributed by atoms with Crippen LogP contribution in [0.2, 0.25) is 0 Å². The number of aryl methyl sites for hydroxylation is 1. The summed E-state index contributed by atoms with van der Waals surface area (Å²) in [6.45, 7) is 1.87. The highest BCUT2D eigenvalue weighted by Gasteiger charge is 2.34. The maximum Gasteiger partial charge on any atom is 0.255 e.